The molecule has 2 aromatic rings. The third-order valence-corrected chi connectivity index (χ3v) is 5.07. The van der Waals surface area contributed by atoms with E-state index in [1.54, 1.807) is 0 Å². The maximum absolute atomic E-state index is 12.8. The molecule has 4 nitrogen and oxygen atoms in total. The van der Waals surface area contributed by atoms with Crippen LogP contribution in [0.25, 0.3) is 0 Å². The van der Waals surface area contributed by atoms with Gasteiger partial charge in [-0.3, -0.25) is 14.8 Å². The van der Waals surface area contributed by atoms with E-state index < -0.39 is 11.7 Å². The molecule has 1 aromatic carbocycles. The molecule has 1 aromatic heterocycles. The number of aromatic amines is 1. The molecule has 7 heteroatoms. The summed E-state index contributed by atoms with van der Waals surface area (Å²) in [5.74, 6) is 0.268. The number of aromatic nitrogens is 2. The fraction of sp³-hybridized carbons (Fsp3) is 0.524. The van der Waals surface area contributed by atoms with E-state index in [9.17, 15) is 18.0 Å². The summed E-state index contributed by atoms with van der Waals surface area (Å²) >= 11 is 0. The molecular formula is C21H26F3N3O. The molecule has 0 saturated carbocycles. The summed E-state index contributed by atoms with van der Waals surface area (Å²) < 4.78 is 38.1. The van der Waals surface area contributed by atoms with Crippen molar-refractivity contribution in [2.24, 2.45) is 11.8 Å². The monoisotopic (exact) mass is 393 g/mol. The first-order valence-electron chi connectivity index (χ1n) is 9.69. The van der Waals surface area contributed by atoms with Crippen molar-refractivity contribution < 1.29 is 18.0 Å². The van der Waals surface area contributed by atoms with Crippen LogP contribution >= 0.6 is 0 Å². The van der Waals surface area contributed by atoms with Crippen LogP contribution < -0.4 is 0 Å². The second-order valence-corrected chi connectivity index (χ2v) is 8.00. The number of piperidine rings is 1. The lowest BCUT2D eigenvalue weighted by Crippen LogP contribution is -2.38. The summed E-state index contributed by atoms with van der Waals surface area (Å²) in [6.07, 6.45) is -1.81. The molecule has 0 amide bonds. The summed E-state index contributed by atoms with van der Waals surface area (Å²) in [6.45, 7) is 6.50. The van der Waals surface area contributed by atoms with E-state index in [0.717, 1.165) is 49.3 Å². The fourth-order valence-corrected chi connectivity index (χ4v) is 3.73. The number of H-pyrrole nitrogens is 1. The predicted octanol–water partition coefficient (Wildman–Crippen LogP) is 4.72. The molecule has 1 N–H and O–H groups in total. The average molecular weight is 393 g/mol. The molecule has 152 valence electrons. The van der Waals surface area contributed by atoms with Gasteiger partial charge in [-0.25, -0.2) is 0 Å². The second kappa shape index (κ2) is 8.47. The SMILES string of the molecule is CC(C)Cc1cc(CN2CCC[C@@H](C(=O)c3ccc(C(F)(F)F)cc3)C2)[nH]n1. The Balaban J connectivity index is 1.61. The maximum atomic E-state index is 12.8. The first-order chi connectivity index (χ1) is 13.2. The Morgan fingerprint density at radius 1 is 1.29 bits per heavy atom. The summed E-state index contributed by atoms with van der Waals surface area (Å²) in [7, 11) is 0. The number of hydrogen-bond acceptors (Lipinski definition) is 3. The van der Waals surface area contributed by atoms with Crippen LogP contribution in [-0.4, -0.2) is 34.0 Å². The number of nitrogens with zero attached hydrogens (tertiary/aromatic N) is 2. The van der Waals surface area contributed by atoms with Gasteiger partial charge >= 0.3 is 6.18 Å². The fourth-order valence-electron chi connectivity index (χ4n) is 3.73. The molecule has 1 aliphatic heterocycles. The molecule has 0 spiro atoms. The minimum Gasteiger partial charge on any atom is -0.297 e. The van der Waals surface area contributed by atoms with E-state index in [1.807, 2.05) is 0 Å². The highest BCUT2D eigenvalue weighted by molar-refractivity contribution is 5.98. The lowest BCUT2D eigenvalue weighted by molar-refractivity contribution is -0.137. The first kappa shape index (κ1) is 20.6. The number of ketones is 1. The van der Waals surface area contributed by atoms with Crippen molar-refractivity contribution in [1.82, 2.24) is 15.1 Å². The van der Waals surface area contributed by atoms with Gasteiger partial charge in [0.05, 0.1) is 11.3 Å². The van der Waals surface area contributed by atoms with Gasteiger partial charge in [0.25, 0.3) is 0 Å². The van der Waals surface area contributed by atoms with Crippen LogP contribution in [0.2, 0.25) is 0 Å². The van der Waals surface area contributed by atoms with Crippen LogP contribution in [0.15, 0.2) is 30.3 Å². The topological polar surface area (TPSA) is 49.0 Å². The molecule has 0 unspecified atom stereocenters. The maximum Gasteiger partial charge on any atom is 0.416 e. The highest BCUT2D eigenvalue weighted by Crippen LogP contribution is 2.30. The minimum absolute atomic E-state index is 0.0801. The standard InChI is InChI=1S/C21H26F3N3O/c1-14(2)10-18-11-19(26-25-18)13-27-9-3-4-16(12-27)20(28)15-5-7-17(8-6-15)21(22,23)24/h5-8,11,14,16H,3-4,9-10,12-13H2,1-2H3,(H,25,26)/t16-/m1/s1. The van der Waals surface area contributed by atoms with Crippen LogP contribution in [0.1, 0.15) is 54.0 Å². The van der Waals surface area contributed by atoms with Gasteiger partial charge in [-0.1, -0.05) is 26.0 Å². The minimum atomic E-state index is -4.39. The van der Waals surface area contributed by atoms with Gasteiger partial charge in [-0.15, -0.1) is 0 Å². The molecule has 1 aliphatic rings. The van der Waals surface area contributed by atoms with Gasteiger partial charge in [0, 0.05) is 30.3 Å². The van der Waals surface area contributed by atoms with E-state index >= 15 is 0 Å². The first-order valence-corrected chi connectivity index (χ1v) is 9.69. The number of carbonyl (C=O) groups excluding carboxylic acids is 1. The van der Waals surface area contributed by atoms with Gasteiger partial charge in [0.2, 0.25) is 0 Å². The van der Waals surface area contributed by atoms with Crippen molar-refractivity contribution >= 4 is 5.78 Å². The predicted molar refractivity (Wildman–Crippen MR) is 101 cm³/mol. The van der Waals surface area contributed by atoms with Crippen molar-refractivity contribution in [3.8, 4) is 0 Å². The largest absolute Gasteiger partial charge is 0.416 e. The third kappa shape index (κ3) is 5.22. The molecule has 1 fully saturated rings. The highest BCUT2D eigenvalue weighted by Gasteiger charge is 2.31. The Bertz CT molecular complexity index is 796. The lowest BCUT2D eigenvalue weighted by Gasteiger charge is -2.31. The quantitative estimate of drug-likeness (QED) is 0.723. The zero-order valence-electron chi connectivity index (χ0n) is 16.2. The van der Waals surface area contributed by atoms with Crippen LogP contribution in [0, 0.1) is 11.8 Å². The Labute approximate surface area is 163 Å². The highest BCUT2D eigenvalue weighted by atomic mass is 19.4. The normalized spacial score (nSPS) is 18.6. The number of rotatable bonds is 6. The molecule has 1 atom stereocenters. The van der Waals surface area contributed by atoms with Crippen molar-refractivity contribution in [2.45, 2.75) is 45.8 Å². The van der Waals surface area contributed by atoms with Gasteiger partial charge in [-0.2, -0.15) is 18.3 Å². The van der Waals surface area contributed by atoms with Gasteiger partial charge in [0.15, 0.2) is 5.78 Å². The number of nitrogens with one attached hydrogen (secondary N) is 1. The van der Waals surface area contributed by atoms with Crippen LogP contribution in [-0.2, 0) is 19.1 Å². The molecule has 3 rings (SSSR count). The van der Waals surface area contributed by atoms with Gasteiger partial charge < -0.3 is 0 Å². The van der Waals surface area contributed by atoms with Crippen molar-refractivity contribution in [2.75, 3.05) is 13.1 Å². The second-order valence-electron chi connectivity index (χ2n) is 8.00. The average Bonchev–Trinajstić information content (AvgIpc) is 3.06. The van der Waals surface area contributed by atoms with Crippen LogP contribution in [0.3, 0.4) is 0 Å². The summed E-state index contributed by atoms with van der Waals surface area (Å²) in [6, 6.07) is 6.61. The van der Waals surface area contributed by atoms with E-state index in [0.29, 0.717) is 24.6 Å². The molecular weight excluding hydrogens is 367 g/mol. The van der Waals surface area contributed by atoms with E-state index in [-0.39, 0.29) is 11.7 Å². The van der Waals surface area contributed by atoms with Gasteiger partial charge in [0.1, 0.15) is 0 Å². The Hall–Kier alpha value is -2.15. The molecule has 2 heterocycles. The Morgan fingerprint density at radius 3 is 2.64 bits per heavy atom. The van der Waals surface area contributed by atoms with Crippen molar-refractivity contribution in [1.29, 1.82) is 0 Å². The molecule has 0 radical (unpaired) electrons. The summed E-state index contributed by atoms with van der Waals surface area (Å²) in [4.78, 5) is 15.0. The zero-order chi connectivity index (χ0) is 20.3. The van der Waals surface area contributed by atoms with Crippen molar-refractivity contribution in [3.05, 3.63) is 52.8 Å². The van der Waals surface area contributed by atoms with Crippen LogP contribution in [0.4, 0.5) is 13.2 Å². The van der Waals surface area contributed by atoms with Crippen LogP contribution in [0.5, 0.6) is 0 Å². The van der Waals surface area contributed by atoms with E-state index in [4.69, 9.17) is 0 Å². The summed E-state index contributed by atoms with van der Waals surface area (Å²) in [5.41, 5.74) is 1.68. The number of hydrogen-bond donors (Lipinski definition) is 1. The van der Waals surface area contributed by atoms with E-state index in [1.165, 1.54) is 12.1 Å². The van der Waals surface area contributed by atoms with Crippen molar-refractivity contribution in [3.63, 3.8) is 0 Å². The number of halogens is 3. The number of likely N-dealkylation sites (tertiary alicyclic amines) is 1. The third-order valence-electron chi connectivity index (χ3n) is 5.07. The smallest absolute Gasteiger partial charge is 0.297 e. The lowest BCUT2D eigenvalue weighted by atomic mass is 9.89. The summed E-state index contributed by atoms with van der Waals surface area (Å²) in [5, 5.41) is 7.41. The van der Waals surface area contributed by atoms with Gasteiger partial charge in [-0.05, 0) is 49.9 Å². The Morgan fingerprint density at radius 2 is 2.00 bits per heavy atom. The number of alkyl halides is 3. The number of benzene rings is 1. The number of carbonyl (C=O) groups is 1. The number of Topliss-reactive ketones (excluding diaryl/α,β-unsaturated/α-hetero) is 1. The molecule has 28 heavy (non-hydrogen) atoms. The molecule has 0 bridgehead atoms. The zero-order valence-corrected chi connectivity index (χ0v) is 16.2. The molecule has 0 aliphatic carbocycles. The Kier molecular flexibility index (Phi) is 6.23. The van der Waals surface area contributed by atoms with E-state index in [2.05, 4.69) is 35.0 Å². The molecule has 1 saturated heterocycles.